The Balaban J connectivity index is 1.80. The van der Waals surface area contributed by atoms with Gasteiger partial charge in [0.1, 0.15) is 11.4 Å². The third kappa shape index (κ3) is 4.58. The summed E-state index contributed by atoms with van der Waals surface area (Å²) in [6, 6.07) is 11.1. The van der Waals surface area contributed by atoms with Gasteiger partial charge < -0.3 is 10.2 Å². The SMILES string of the molecule is Cc1cccc(C(C)C)c1NC(=O)c1cccc(C(=O)N2CCCCCC2)n1. The fraction of sp³-hybridized carbons (Fsp3) is 0.435. The highest BCUT2D eigenvalue weighted by Crippen LogP contribution is 2.27. The first kappa shape index (κ1) is 20.1. The number of likely N-dealkylation sites (tertiary alicyclic amines) is 1. The van der Waals surface area contributed by atoms with Crippen LogP contribution in [-0.2, 0) is 0 Å². The first-order valence-corrected chi connectivity index (χ1v) is 10.1. The van der Waals surface area contributed by atoms with Gasteiger partial charge in [-0.1, -0.05) is 51.0 Å². The second kappa shape index (κ2) is 9.00. The summed E-state index contributed by atoms with van der Waals surface area (Å²) in [5, 5.41) is 3.01. The normalized spacial score (nSPS) is 14.6. The summed E-state index contributed by atoms with van der Waals surface area (Å²) in [7, 11) is 0. The zero-order valence-corrected chi connectivity index (χ0v) is 17.0. The van der Waals surface area contributed by atoms with E-state index in [1.165, 1.54) is 0 Å². The van der Waals surface area contributed by atoms with Crippen LogP contribution in [0.2, 0.25) is 0 Å². The maximum absolute atomic E-state index is 12.8. The van der Waals surface area contributed by atoms with Crippen LogP contribution in [0.3, 0.4) is 0 Å². The number of aryl methyl sites for hydroxylation is 1. The lowest BCUT2D eigenvalue weighted by molar-refractivity contribution is 0.0755. The highest BCUT2D eigenvalue weighted by atomic mass is 16.2. The lowest BCUT2D eigenvalue weighted by Crippen LogP contribution is -2.32. The van der Waals surface area contributed by atoms with Crippen molar-refractivity contribution >= 4 is 17.5 Å². The molecule has 1 saturated heterocycles. The van der Waals surface area contributed by atoms with Crippen molar-refractivity contribution in [1.29, 1.82) is 0 Å². The van der Waals surface area contributed by atoms with Crippen LogP contribution < -0.4 is 5.32 Å². The van der Waals surface area contributed by atoms with Gasteiger partial charge in [-0.15, -0.1) is 0 Å². The number of aromatic nitrogens is 1. The van der Waals surface area contributed by atoms with Crippen LogP contribution >= 0.6 is 0 Å². The van der Waals surface area contributed by atoms with Crippen molar-refractivity contribution < 1.29 is 9.59 Å². The quantitative estimate of drug-likeness (QED) is 0.831. The van der Waals surface area contributed by atoms with Crippen molar-refractivity contribution in [2.24, 2.45) is 0 Å². The van der Waals surface area contributed by atoms with Gasteiger partial charge in [0.2, 0.25) is 0 Å². The number of carbonyl (C=O) groups excluding carboxylic acids is 2. The average molecular weight is 380 g/mol. The molecule has 2 heterocycles. The minimum absolute atomic E-state index is 0.0877. The van der Waals surface area contributed by atoms with Crippen LogP contribution in [0, 0.1) is 6.92 Å². The van der Waals surface area contributed by atoms with Crippen molar-refractivity contribution in [3.05, 3.63) is 58.9 Å². The van der Waals surface area contributed by atoms with Crippen molar-refractivity contribution in [3.63, 3.8) is 0 Å². The summed E-state index contributed by atoms with van der Waals surface area (Å²) in [6.07, 6.45) is 4.37. The molecule has 1 fully saturated rings. The Kier molecular flexibility index (Phi) is 6.45. The lowest BCUT2D eigenvalue weighted by atomic mass is 9.98. The van der Waals surface area contributed by atoms with E-state index in [-0.39, 0.29) is 17.5 Å². The number of nitrogens with one attached hydrogen (secondary N) is 1. The Morgan fingerprint density at radius 1 is 0.964 bits per heavy atom. The molecular weight excluding hydrogens is 350 g/mol. The van der Waals surface area contributed by atoms with E-state index in [2.05, 4.69) is 24.1 Å². The van der Waals surface area contributed by atoms with Crippen molar-refractivity contribution in [2.75, 3.05) is 18.4 Å². The number of nitrogens with zero attached hydrogens (tertiary/aromatic N) is 2. The number of hydrogen-bond acceptors (Lipinski definition) is 3. The number of pyridine rings is 1. The largest absolute Gasteiger partial charge is 0.337 e. The van der Waals surface area contributed by atoms with Crippen LogP contribution in [0.1, 0.15) is 77.6 Å². The number of carbonyl (C=O) groups is 2. The van der Waals surface area contributed by atoms with E-state index in [0.29, 0.717) is 11.6 Å². The topological polar surface area (TPSA) is 62.3 Å². The molecule has 1 aromatic heterocycles. The van der Waals surface area contributed by atoms with Crippen LogP contribution in [0.15, 0.2) is 36.4 Å². The molecule has 0 spiro atoms. The van der Waals surface area contributed by atoms with Crippen molar-refractivity contribution in [1.82, 2.24) is 9.88 Å². The molecular formula is C23H29N3O2. The van der Waals surface area contributed by atoms with Gasteiger partial charge in [-0.3, -0.25) is 9.59 Å². The summed E-state index contributed by atoms with van der Waals surface area (Å²) < 4.78 is 0. The Morgan fingerprint density at radius 3 is 2.29 bits per heavy atom. The van der Waals surface area contributed by atoms with E-state index in [0.717, 1.165) is 55.6 Å². The summed E-state index contributed by atoms with van der Waals surface area (Å²) >= 11 is 0. The molecule has 0 unspecified atom stereocenters. The van der Waals surface area contributed by atoms with E-state index < -0.39 is 0 Å². The molecule has 2 aromatic rings. The molecule has 0 aliphatic carbocycles. The first-order chi connectivity index (χ1) is 13.5. The molecule has 1 aromatic carbocycles. The van der Waals surface area contributed by atoms with Gasteiger partial charge in [0.25, 0.3) is 11.8 Å². The maximum atomic E-state index is 12.8. The van der Waals surface area contributed by atoms with Crippen molar-refractivity contribution in [3.8, 4) is 0 Å². The standard InChI is InChI=1S/C23H29N3O2/c1-16(2)18-11-8-10-17(3)21(18)25-22(27)19-12-9-13-20(24-19)23(28)26-14-6-4-5-7-15-26/h8-13,16H,4-7,14-15H2,1-3H3,(H,25,27). The maximum Gasteiger partial charge on any atom is 0.274 e. The fourth-order valence-electron chi connectivity index (χ4n) is 3.64. The van der Waals surface area contributed by atoms with E-state index in [1.807, 2.05) is 30.0 Å². The molecule has 1 aliphatic heterocycles. The molecule has 5 nitrogen and oxygen atoms in total. The highest BCUT2D eigenvalue weighted by Gasteiger charge is 2.20. The number of anilines is 1. The summed E-state index contributed by atoms with van der Waals surface area (Å²) in [5.74, 6) is -0.0869. The van der Waals surface area contributed by atoms with Gasteiger partial charge in [-0.2, -0.15) is 0 Å². The third-order valence-electron chi connectivity index (χ3n) is 5.26. The van der Waals surface area contributed by atoms with Crippen molar-refractivity contribution in [2.45, 2.75) is 52.4 Å². The summed E-state index contributed by atoms with van der Waals surface area (Å²) in [6.45, 7) is 7.70. The van der Waals surface area contributed by atoms with Gasteiger partial charge >= 0.3 is 0 Å². The number of rotatable bonds is 4. The Labute approximate surface area is 167 Å². The molecule has 0 saturated carbocycles. The van der Waals surface area contributed by atoms with Crippen LogP contribution in [0.4, 0.5) is 5.69 Å². The molecule has 0 atom stereocenters. The van der Waals surface area contributed by atoms with Gasteiger partial charge in [0.05, 0.1) is 0 Å². The molecule has 0 radical (unpaired) electrons. The van der Waals surface area contributed by atoms with Gasteiger partial charge in [0.15, 0.2) is 0 Å². The predicted octanol–water partition coefficient (Wildman–Crippen LogP) is 4.78. The van der Waals surface area contributed by atoms with Crippen LogP contribution in [0.25, 0.3) is 0 Å². The van der Waals surface area contributed by atoms with Gasteiger partial charge in [0, 0.05) is 18.8 Å². The molecule has 1 aliphatic rings. The Morgan fingerprint density at radius 2 is 1.61 bits per heavy atom. The second-order valence-corrected chi connectivity index (χ2v) is 7.76. The lowest BCUT2D eigenvalue weighted by Gasteiger charge is -2.20. The Hall–Kier alpha value is -2.69. The zero-order chi connectivity index (χ0) is 20.1. The van der Waals surface area contributed by atoms with E-state index in [9.17, 15) is 9.59 Å². The molecule has 3 rings (SSSR count). The highest BCUT2D eigenvalue weighted by molar-refractivity contribution is 6.04. The van der Waals surface area contributed by atoms with Gasteiger partial charge in [-0.25, -0.2) is 4.98 Å². The number of benzene rings is 1. The van der Waals surface area contributed by atoms with Crippen LogP contribution in [-0.4, -0.2) is 34.8 Å². The molecule has 5 heteroatoms. The molecule has 28 heavy (non-hydrogen) atoms. The van der Waals surface area contributed by atoms with Gasteiger partial charge in [-0.05, 0) is 48.9 Å². The first-order valence-electron chi connectivity index (χ1n) is 10.1. The third-order valence-corrected chi connectivity index (χ3v) is 5.26. The zero-order valence-electron chi connectivity index (χ0n) is 17.0. The average Bonchev–Trinajstić information content (AvgIpc) is 2.98. The summed E-state index contributed by atoms with van der Waals surface area (Å²) in [4.78, 5) is 31.9. The molecule has 2 amide bonds. The predicted molar refractivity (Wildman–Crippen MR) is 112 cm³/mol. The number of para-hydroxylation sites is 1. The molecule has 148 valence electrons. The number of hydrogen-bond donors (Lipinski definition) is 1. The molecule has 1 N–H and O–H groups in total. The van der Waals surface area contributed by atoms with Crippen LogP contribution in [0.5, 0.6) is 0 Å². The summed E-state index contributed by atoms with van der Waals surface area (Å²) in [5.41, 5.74) is 3.53. The number of amides is 2. The second-order valence-electron chi connectivity index (χ2n) is 7.76. The fourth-order valence-corrected chi connectivity index (χ4v) is 3.64. The van der Waals surface area contributed by atoms with E-state index in [4.69, 9.17) is 0 Å². The Bertz CT molecular complexity index is 853. The monoisotopic (exact) mass is 379 g/mol. The smallest absolute Gasteiger partial charge is 0.274 e. The minimum Gasteiger partial charge on any atom is -0.337 e. The minimum atomic E-state index is -0.290. The van der Waals surface area contributed by atoms with E-state index in [1.54, 1.807) is 18.2 Å². The van der Waals surface area contributed by atoms with E-state index >= 15 is 0 Å². The molecule has 0 bridgehead atoms.